The highest BCUT2D eigenvalue weighted by Crippen LogP contribution is 2.20. The van der Waals surface area contributed by atoms with Crippen LogP contribution in [0.5, 0.6) is 0 Å². The number of piperazine rings is 1. The van der Waals surface area contributed by atoms with Crippen molar-refractivity contribution in [2.45, 2.75) is 26.7 Å². The third-order valence-corrected chi connectivity index (χ3v) is 6.14. The Morgan fingerprint density at radius 1 is 1.12 bits per heavy atom. The van der Waals surface area contributed by atoms with Crippen molar-refractivity contribution in [3.63, 3.8) is 0 Å². The van der Waals surface area contributed by atoms with Gasteiger partial charge in [0.1, 0.15) is 17.5 Å². The number of hydrogen-bond acceptors (Lipinski definition) is 6. The summed E-state index contributed by atoms with van der Waals surface area (Å²) in [4.78, 5) is 40.6. The lowest BCUT2D eigenvalue weighted by Gasteiger charge is -2.35. The quantitative estimate of drug-likeness (QED) is 0.651. The van der Waals surface area contributed by atoms with Gasteiger partial charge in [-0.15, -0.1) is 0 Å². The maximum Gasteiger partial charge on any atom is 0.266 e. The molecule has 1 N–H and O–H groups in total. The van der Waals surface area contributed by atoms with Crippen LogP contribution in [0.4, 0.5) is 5.82 Å². The normalized spacial score (nSPS) is 13.6. The van der Waals surface area contributed by atoms with Gasteiger partial charge in [0.15, 0.2) is 5.82 Å². The molecule has 0 spiro atoms. The van der Waals surface area contributed by atoms with Crippen LogP contribution in [0.2, 0.25) is 0 Å². The van der Waals surface area contributed by atoms with E-state index in [-0.39, 0.29) is 17.0 Å². The molecule has 2 aromatic heterocycles. The number of benzene rings is 1. The topological polar surface area (TPSA) is 106 Å². The van der Waals surface area contributed by atoms with Crippen molar-refractivity contribution in [3.05, 3.63) is 75.3 Å². The number of amides is 1. The first kappa shape index (κ1) is 22.2. The molecule has 0 saturated carbocycles. The zero-order valence-corrected chi connectivity index (χ0v) is 18.8. The molecule has 1 fully saturated rings. The minimum Gasteiger partial charge on any atom is -0.353 e. The van der Waals surface area contributed by atoms with Gasteiger partial charge < -0.3 is 14.8 Å². The lowest BCUT2D eigenvalue weighted by molar-refractivity contribution is -0.131. The molecule has 0 radical (unpaired) electrons. The highest BCUT2D eigenvalue weighted by Gasteiger charge is 2.23. The zero-order chi connectivity index (χ0) is 23.4. The monoisotopic (exact) mass is 442 g/mol. The molecule has 1 aromatic carbocycles. The second-order valence-electron chi connectivity index (χ2n) is 8.14. The third-order valence-electron chi connectivity index (χ3n) is 6.14. The van der Waals surface area contributed by atoms with Gasteiger partial charge in [-0.2, -0.15) is 5.26 Å². The van der Waals surface area contributed by atoms with Crippen LogP contribution in [0.1, 0.15) is 28.8 Å². The summed E-state index contributed by atoms with van der Waals surface area (Å²) in [5.74, 6) is 1.63. The standard InChI is InChI=1S/C25H26N6O2/c1-17-20(18(2)28-25(33)21(17)16-26)8-9-23(32)31-14-12-30(13-15-31)22-10-11-27-24(29-22)19-6-4-3-5-7-19/h3-7,10-11H,8-9,12-15H2,1-2H3,(H,28,33). The first-order chi connectivity index (χ1) is 16.0. The van der Waals surface area contributed by atoms with E-state index in [9.17, 15) is 14.9 Å². The molecule has 8 nitrogen and oxygen atoms in total. The number of hydrogen-bond donors (Lipinski definition) is 1. The van der Waals surface area contributed by atoms with Crippen molar-refractivity contribution in [2.75, 3.05) is 31.1 Å². The second kappa shape index (κ2) is 9.65. The SMILES string of the molecule is Cc1[nH]c(=O)c(C#N)c(C)c1CCC(=O)N1CCN(c2ccnc(-c3ccccc3)n2)CC1. The number of H-pyrrole nitrogens is 1. The fourth-order valence-corrected chi connectivity index (χ4v) is 4.25. The van der Waals surface area contributed by atoms with Gasteiger partial charge in [0.2, 0.25) is 5.91 Å². The number of rotatable bonds is 5. The molecule has 33 heavy (non-hydrogen) atoms. The van der Waals surface area contributed by atoms with Crippen molar-refractivity contribution in [3.8, 4) is 17.5 Å². The van der Waals surface area contributed by atoms with Crippen LogP contribution in [0.3, 0.4) is 0 Å². The predicted molar refractivity (Wildman–Crippen MR) is 126 cm³/mol. The highest BCUT2D eigenvalue weighted by atomic mass is 16.2. The Hall–Kier alpha value is -3.99. The Morgan fingerprint density at radius 3 is 2.55 bits per heavy atom. The Labute approximate surface area is 192 Å². The summed E-state index contributed by atoms with van der Waals surface area (Å²) < 4.78 is 0. The summed E-state index contributed by atoms with van der Waals surface area (Å²) in [5.41, 5.74) is 2.96. The van der Waals surface area contributed by atoms with Crippen molar-refractivity contribution in [1.82, 2.24) is 19.9 Å². The number of pyridine rings is 1. The predicted octanol–water partition coefficient (Wildman–Crippen LogP) is 2.60. The molecule has 0 unspecified atom stereocenters. The summed E-state index contributed by atoms with van der Waals surface area (Å²) in [5, 5.41) is 9.24. The molecule has 1 aliphatic heterocycles. The van der Waals surface area contributed by atoms with Crippen molar-refractivity contribution in [2.24, 2.45) is 0 Å². The fourth-order valence-electron chi connectivity index (χ4n) is 4.25. The molecule has 4 rings (SSSR count). The Bertz CT molecular complexity index is 1250. The second-order valence-corrected chi connectivity index (χ2v) is 8.14. The maximum atomic E-state index is 12.8. The van der Waals surface area contributed by atoms with Crippen LogP contribution in [-0.4, -0.2) is 51.9 Å². The molecule has 1 aliphatic rings. The van der Waals surface area contributed by atoms with E-state index in [1.165, 1.54) is 0 Å². The number of nitrogens with zero attached hydrogens (tertiary/aromatic N) is 5. The number of nitriles is 1. The Morgan fingerprint density at radius 2 is 1.85 bits per heavy atom. The van der Waals surface area contributed by atoms with Crippen molar-refractivity contribution >= 4 is 11.7 Å². The molecule has 0 aliphatic carbocycles. The number of aromatic amines is 1. The van der Waals surface area contributed by atoms with Gasteiger partial charge in [0, 0.05) is 50.1 Å². The van der Waals surface area contributed by atoms with Gasteiger partial charge in [0.25, 0.3) is 5.56 Å². The zero-order valence-electron chi connectivity index (χ0n) is 18.8. The minimum atomic E-state index is -0.376. The Kier molecular flexibility index (Phi) is 6.50. The molecular formula is C25H26N6O2. The summed E-state index contributed by atoms with van der Waals surface area (Å²) >= 11 is 0. The van der Waals surface area contributed by atoms with Gasteiger partial charge in [0.05, 0.1) is 0 Å². The molecule has 0 bridgehead atoms. The van der Waals surface area contributed by atoms with E-state index in [4.69, 9.17) is 4.98 Å². The lowest BCUT2D eigenvalue weighted by atomic mass is 9.99. The molecule has 8 heteroatoms. The van der Waals surface area contributed by atoms with Gasteiger partial charge in [-0.1, -0.05) is 30.3 Å². The lowest BCUT2D eigenvalue weighted by Crippen LogP contribution is -2.49. The van der Waals surface area contributed by atoms with Gasteiger partial charge in [-0.25, -0.2) is 9.97 Å². The number of carbonyl (C=O) groups is 1. The first-order valence-electron chi connectivity index (χ1n) is 11.0. The van der Waals surface area contributed by atoms with Crippen molar-refractivity contribution < 1.29 is 4.79 Å². The summed E-state index contributed by atoms with van der Waals surface area (Å²) in [6.07, 6.45) is 2.60. The molecule has 168 valence electrons. The molecule has 3 heterocycles. The molecule has 3 aromatic rings. The fraction of sp³-hybridized carbons (Fsp3) is 0.320. The number of anilines is 1. The minimum absolute atomic E-state index is 0.0748. The van der Waals surface area contributed by atoms with Crippen LogP contribution in [-0.2, 0) is 11.2 Å². The van der Waals surface area contributed by atoms with E-state index in [1.807, 2.05) is 47.4 Å². The maximum absolute atomic E-state index is 12.8. The molecular weight excluding hydrogens is 416 g/mol. The smallest absolute Gasteiger partial charge is 0.266 e. The van der Waals surface area contributed by atoms with Crippen LogP contribution in [0.15, 0.2) is 47.4 Å². The van der Waals surface area contributed by atoms with Crippen LogP contribution < -0.4 is 10.5 Å². The molecule has 1 saturated heterocycles. The van der Waals surface area contributed by atoms with E-state index in [0.29, 0.717) is 56.1 Å². The summed E-state index contributed by atoms with van der Waals surface area (Å²) in [7, 11) is 0. The van der Waals surface area contributed by atoms with E-state index in [0.717, 1.165) is 16.9 Å². The summed E-state index contributed by atoms with van der Waals surface area (Å²) in [6.45, 7) is 6.22. The number of carbonyl (C=O) groups excluding carboxylic acids is 1. The molecule has 1 amide bonds. The van der Waals surface area contributed by atoms with Gasteiger partial charge in [-0.3, -0.25) is 9.59 Å². The van der Waals surface area contributed by atoms with E-state index in [1.54, 1.807) is 20.0 Å². The number of aromatic nitrogens is 3. The Balaban J connectivity index is 1.37. The largest absolute Gasteiger partial charge is 0.353 e. The highest BCUT2D eigenvalue weighted by molar-refractivity contribution is 5.77. The van der Waals surface area contributed by atoms with E-state index >= 15 is 0 Å². The average Bonchev–Trinajstić information content (AvgIpc) is 2.84. The van der Waals surface area contributed by atoms with Crippen LogP contribution in [0.25, 0.3) is 11.4 Å². The van der Waals surface area contributed by atoms with Crippen LogP contribution in [0, 0.1) is 25.2 Å². The summed E-state index contributed by atoms with van der Waals surface area (Å²) in [6, 6.07) is 13.7. The molecule has 0 atom stereocenters. The average molecular weight is 443 g/mol. The third kappa shape index (κ3) is 4.77. The number of nitrogens with one attached hydrogen (secondary N) is 1. The van der Waals surface area contributed by atoms with Crippen molar-refractivity contribution in [1.29, 1.82) is 5.26 Å². The van der Waals surface area contributed by atoms with E-state index in [2.05, 4.69) is 14.9 Å². The van der Waals surface area contributed by atoms with Gasteiger partial charge in [-0.05, 0) is 37.5 Å². The first-order valence-corrected chi connectivity index (χ1v) is 11.0. The van der Waals surface area contributed by atoms with Crippen LogP contribution >= 0.6 is 0 Å². The van der Waals surface area contributed by atoms with E-state index < -0.39 is 0 Å². The van der Waals surface area contributed by atoms with Gasteiger partial charge >= 0.3 is 0 Å². The number of aryl methyl sites for hydroxylation is 1.